The number of anilines is 2. The maximum absolute atomic E-state index is 9.24. The second-order valence-electron chi connectivity index (χ2n) is 4.78. The molecule has 2 rings (SSSR count). The van der Waals surface area contributed by atoms with E-state index in [4.69, 9.17) is 5.73 Å². The summed E-state index contributed by atoms with van der Waals surface area (Å²) >= 11 is 0. The summed E-state index contributed by atoms with van der Waals surface area (Å²) in [7, 11) is 2.04. The smallest absolute Gasteiger partial charge is 0.131 e. The molecule has 4 nitrogen and oxygen atoms in total. The molecule has 1 aromatic rings. The highest BCUT2D eigenvalue weighted by molar-refractivity contribution is 5.52. The Morgan fingerprint density at radius 1 is 1.56 bits per heavy atom. The SMILES string of the molecule is Cc1cc(N)cnc1N(C)CC1CC(O)C1. The van der Waals surface area contributed by atoms with Crippen LogP contribution in [0.15, 0.2) is 12.3 Å². The average molecular weight is 221 g/mol. The van der Waals surface area contributed by atoms with Gasteiger partial charge >= 0.3 is 0 Å². The van der Waals surface area contributed by atoms with Crippen molar-refractivity contribution in [2.45, 2.75) is 25.9 Å². The molecule has 88 valence electrons. The maximum Gasteiger partial charge on any atom is 0.131 e. The van der Waals surface area contributed by atoms with Gasteiger partial charge in [0.05, 0.1) is 18.0 Å². The van der Waals surface area contributed by atoms with Crippen LogP contribution in [0.5, 0.6) is 0 Å². The van der Waals surface area contributed by atoms with Crippen molar-refractivity contribution in [3.63, 3.8) is 0 Å². The molecule has 1 aromatic heterocycles. The largest absolute Gasteiger partial charge is 0.397 e. The van der Waals surface area contributed by atoms with Crippen molar-refractivity contribution in [1.29, 1.82) is 0 Å². The molecule has 0 aliphatic heterocycles. The minimum Gasteiger partial charge on any atom is -0.397 e. The van der Waals surface area contributed by atoms with Gasteiger partial charge in [0.1, 0.15) is 5.82 Å². The number of hydrogen-bond acceptors (Lipinski definition) is 4. The zero-order valence-electron chi connectivity index (χ0n) is 9.85. The zero-order valence-corrected chi connectivity index (χ0v) is 9.85. The van der Waals surface area contributed by atoms with E-state index in [9.17, 15) is 5.11 Å². The van der Waals surface area contributed by atoms with Crippen molar-refractivity contribution in [2.24, 2.45) is 5.92 Å². The van der Waals surface area contributed by atoms with Crippen LogP contribution >= 0.6 is 0 Å². The van der Waals surface area contributed by atoms with Gasteiger partial charge in [-0.25, -0.2) is 4.98 Å². The Bertz CT molecular complexity index is 375. The summed E-state index contributed by atoms with van der Waals surface area (Å²) in [5.41, 5.74) is 7.47. The average Bonchev–Trinajstić information content (AvgIpc) is 2.15. The lowest BCUT2D eigenvalue weighted by atomic mass is 9.82. The molecule has 0 amide bonds. The first-order chi connectivity index (χ1) is 7.56. The van der Waals surface area contributed by atoms with E-state index >= 15 is 0 Å². The van der Waals surface area contributed by atoms with Crippen LogP contribution in [0.25, 0.3) is 0 Å². The Hall–Kier alpha value is -1.29. The second kappa shape index (κ2) is 4.29. The summed E-state index contributed by atoms with van der Waals surface area (Å²) in [5, 5.41) is 9.24. The standard InChI is InChI=1S/C12H19N3O/c1-8-3-10(13)6-14-12(8)15(2)7-9-4-11(16)5-9/h3,6,9,11,16H,4-5,7,13H2,1-2H3. The van der Waals surface area contributed by atoms with Crippen LogP contribution in [0.3, 0.4) is 0 Å². The highest BCUT2D eigenvalue weighted by Gasteiger charge is 2.28. The maximum atomic E-state index is 9.24. The van der Waals surface area contributed by atoms with Crippen molar-refractivity contribution < 1.29 is 5.11 Å². The van der Waals surface area contributed by atoms with E-state index in [1.807, 2.05) is 20.0 Å². The molecule has 0 bridgehead atoms. The van der Waals surface area contributed by atoms with Gasteiger partial charge in [0.2, 0.25) is 0 Å². The molecular weight excluding hydrogens is 202 g/mol. The number of nitrogens with zero attached hydrogens (tertiary/aromatic N) is 2. The predicted octanol–water partition coefficient (Wildman–Crippen LogP) is 1.18. The van der Waals surface area contributed by atoms with E-state index in [0.29, 0.717) is 11.6 Å². The van der Waals surface area contributed by atoms with Crippen molar-refractivity contribution in [3.05, 3.63) is 17.8 Å². The Balaban J connectivity index is 2.00. The van der Waals surface area contributed by atoms with E-state index in [-0.39, 0.29) is 6.10 Å². The van der Waals surface area contributed by atoms with E-state index in [1.165, 1.54) is 0 Å². The fraction of sp³-hybridized carbons (Fsp3) is 0.583. The van der Waals surface area contributed by atoms with E-state index in [0.717, 1.165) is 30.8 Å². The zero-order chi connectivity index (χ0) is 11.7. The third-order valence-electron chi connectivity index (χ3n) is 3.18. The fourth-order valence-electron chi connectivity index (χ4n) is 2.31. The van der Waals surface area contributed by atoms with Gasteiger partial charge in [-0.05, 0) is 37.3 Å². The lowest BCUT2D eigenvalue weighted by Crippen LogP contribution is -2.37. The summed E-state index contributed by atoms with van der Waals surface area (Å²) in [6.45, 7) is 2.97. The molecule has 0 aromatic carbocycles. The number of nitrogens with two attached hydrogens (primary N) is 1. The van der Waals surface area contributed by atoms with Crippen LogP contribution in [0, 0.1) is 12.8 Å². The van der Waals surface area contributed by atoms with Crippen LogP contribution in [-0.2, 0) is 0 Å². The lowest BCUT2D eigenvalue weighted by molar-refractivity contribution is 0.0464. The topological polar surface area (TPSA) is 62.4 Å². The molecule has 0 spiro atoms. The Labute approximate surface area is 96.1 Å². The van der Waals surface area contributed by atoms with Crippen molar-refractivity contribution >= 4 is 11.5 Å². The first-order valence-electron chi connectivity index (χ1n) is 5.67. The summed E-state index contributed by atoms with van der Waals surface area (Å²) in [6, 6.07) is 1.94. The number of nitrogen functional groups attached to an aromatic ring is 1. The molecule has 1 saturated carbocycles. The normalized spacial score (nSPS) is 23.9. The monoisotopic (exact) mass is 221 g/mol. The molecule has 0 saturated heterocycles. The molecular formula is C12H19N3O. The predicted molar refractivity (Wildman–Crippen MR) is 65.4 cm³/mol. The summed E-state index contributed by atoms with van der Waals surface area (Å²) < 4.78 is 0. The molecule has 1 aliphatic rings. The first-order valence-corrected chi connectivity index (χ1v) is 5.67. The Kier molecular flexibility index (Phi) is 3.01. The van der Waals surface area contributed by atoms with Crippen LogP contribution < -0.4 is 10.6 Å². The van der Waals surface area contributed by atoms with Crippen LogP contribution in [0.2, 0.25) is 0 Å². The van der Waals surface area contributed by atoms with Gasteiger partial charge in [-0.15, -0.1) is 0 Å². The van der Waals surface area contributed by atoms with Gasteiger partial charge in [-0.3, -0.25) is 0 Å². The van der Waals surface area contributed by atoms with Gasteiger partial charge in [-0.1, -0.05) is 0 Å². The van der Waals surface area contributed by atoms with Gasteiger partial charge in [0.15, 0.2) is 0 Å². The summed E-state index contributed by atoms with van der Waals surface area (Å²) in [5.74, 6) is 1.58. The third-order valence-corrected chi connectivity index (χ3v) is 3.18. The number of rotatable bonds is 3. The Morgan fingerprint density at radius 3 is 2.81 bits per heavy atom. The molecule has 1 aliphatic carbocycles. The van der Waals surface area contributed by atoms with Crippen LogP contribution in [-0.4, -0.2) is 29.8 Å². The molecule has 4 heteroatoms. The molecule has 1 heterocycles. The van der Waals surface area contributed by atoms with E-state index < -0.39 is 0 Å². The molecule has 3 N–H and O–H groups in total. The number of aromatic nitrogens is 1. The van der Waals surface area contributed by atoms with Crippen molar-refractivity contribution in [2.75, 3.05) is 24.2 Å². The van der Waals surface area contributed by atoms with E-state index in [1.54, 1.807) is 6.20 Å². The van der Waals surface area contributed by atoms with Gasteiger partial charge in [0.25, 0.3) is 0 Å². The molecule has 0 radical (unpaired) electrons. The number of aliphatic hydroxyl groups is 1. The minimum atomic E-state index is -0.0844. The molecule has 0 unspecified atom stereocenters. The first kappa shape index (κ1) is 11.2. The summed E-state index contributed by atoms with van der Waals surface area (Å²) in [6.07, 6.45) is 3.43. The van der Waals surface area contributed by atoms with Crippen molar-refractivity contribution in [1.82, 2.24) is 4.98 Å². The Morgan fingerprint density at radius 2 is 2.25 bits per heavy atom. The highest BCUT2D eigenvalue weighted by atomic mass is 16.3. The second-order valence-corrected chi connectivity index (χ2v) is 4.78. The van der Waals surface area contributed by atoms with Crippen LogP contribution in [0.1, 0.15) is 18.4 Å². The van der Waals surface area contributed by atoms with Gasteiger partial charge in [0, 0.05) is 13.6 Å². The molecule has 16 heavy (non-hydrogen) atoms. The van der Waals surface area contributed by atoms with Gasteiger partial charge in [-0.2, -0.15) is 0 Å². The minimum absolute atomic E-state index is 0.0844. The lowest BCUT2D eigenvalue weighted by Gasteiger charge is -2.35. The number of aliphatic hydroxyl groups excluding tert-OH is 1. The third kappa shape index (κ3) is 2.27. The molecule has 1 fully saturated rings. The van der Waals surface area contributed by atoms with Crippen molar-refractivity contribution in [3.8, 4) is 0 Å². The number of hydrogen-bond donors (Lipinski definition) is 2. The highest BCUT2D eigenvalue weighted by Crippen LogP contribution is 2.29. The van der Waals surface area contributed by atoms with Gasteiger partial charge < -0.3 is 15.7 Å². The van der Waals surface area contributed by atoms with E-state index in [2.05, 4.69) is 9.88 Å². The number of aryl methyl sites for hydroxylation is 1. The van der Waals surface area contributed by atoms with Crippen LogP contribution in [0.4, 0.5) is 11.5 Å². The quantitative estimate of drug-likeness (QED) is 0.804. The summed E-state index contributed by atoms with van der Waals surface area (Å²) in [4.78, 5) is 6.49. The molecule has 0 atom stereocenters. The fourth-order valence-corrected chi connectivity index (χ4v) is 2.31. The number of pyridine rings is 1.